The highest BCUT2D eigenvalue weighted by Crippen LogP contribution is 2.12. The Morgan fingerprint density at radius 3 is 2.60 bits per heavy atom. The Balaban J connectivity index is 2.02. The molecule has 1 N–H and O–H groups in total. The molecule has 0 fully saturated rings. The molecular formula is C18H19N3O4. The summed E-state index contributed by atoms with van der Waals surface area (Å²) >= 11 is 0. The van der Waals surface area contributed by atoms with Crippen LogP contribution in [0.15, 0.2) is 48.7 Å². The van der Waals surface area contributed by atoms with Crippen LogP contribution in [0.25, 0.3) is 0 Å². The fourth-order valence-corrected chi connectivity index (χ4v) is 2.18. The first kappa shape index (κ1) is 18.1. The van der Waals surface area contributed by atoms with Crippen LogP contribution in [-0.2, 0) is 20.9 Å². The first-order chi connectivity index (χ1) is 12.0. The minimum absolute atomic E-state index is 0.117. The molecule has 0 unspecified atom stereocenters. The molecule has 0 bridgehead atoms. The number of carbonyl (C=O) groups is 3. The maximum atomic E-state index is 12.2. The summed E-state index contributed by atoms with van der Waals surface area (Å²) in [5, 5.41) is 2.67. The van der Waals surface area contributed by atoms with Gasteiger partial charge in [0, 0.05) is 18.8 Å². The summed E-state index contributed by atoms with van der Waals surface area (Å²) in [5.41, 5.74) is 1.48. The first-order valence-corrected chi connectivity index (χ1v) is 7.63. The molecule has 0 saturated carbocycles. The number of amides is 2. The third kappa shape index (κ3) is 5.42. The van der Waals surface area contributed by atoms with Gasteiger partial charge in [-0.1, -0.05) is 12.1 Å². The molecule has 2 rings (SSSR count). The summed E-state index contributed by atoms with van der Waals surface area (Å²) < 4.78 is 4.65. The number of pyridine rings is 1. The van der Waals surface area contributed by atoms with Crippen LogP contribution in [0.2, 0.25) is 0 Å². The Morgan fingerprint density at radius 2 is 1.96 bits per heavy atom. The summed E-state index contributed by atoms with van der Waals surface area (Å²) in [5.74, 6) is -1.09. The number of nitrogens with zero attached hydrogens (tertiary/aromatic N) is 2. The van der Waals surface area contributed by atoms with Crippen molar-refractivity contribution in [2.75, 3.05) is 19.0 Å². The molecule has 2 amide bonds. The van der Waals surface area contributed by atoms with E-state index < -0.39 is 5.97 Å². The molecule has 0 aliphatic carbocycles. The third-order valence-corrected chi connectivity index (χ3v) is 3.43. The Bertz CT molecular complexity index is 762. The second-order valence-electron chi connectivity index (χ2n) is 5.32. The Labute approximate surface area is 145 Å². The topological polar surface area (TPSA) is 88.6 Å². The molecule has 130 valence electrons. The Morgan fingerprint density at radius 1 is 1.16 bits per heavy atom. The molecule has 7 heteroatoms. The van der Waals surface area contributed by atoms with E-state index in [1.165, 1.54) is 25.0 Å². The van der Waals surface area contributed by atoms with E-state index in [-0.39, 0.29) is 24.9 Å². The van der Waals surface area contributed by atoms with Gasteiger partial charge in [0.15, 0.2) is 0 Å². The number of hydrogen-bond donors (Lipinski definition) is 1. The van der Waals surface area contributed by atoms with Crippen LogP contribution in [-0.4, -0.2) is 41.3 Å². The van der Waals surface area contributed by atoms with Crippen LogP contribution in [0.5, 0.6) is 0 Å². The smallest absolute Gasteiger partial charge is 0.337 e. The molecule has 2 aromatic rings. The van der Waals surface area contributed by atoms with Gasteiger partial charge in [-0.05, 0) is 30.3 Å². The van der Waals surface area contributed by atoms with Crippen molar-refractivity contribution < 1.29 is 19.1 Å². The van der Waals surface area contributed by atoms with Gasteiger partial charge in [0.05, 0.1) is 24.9 Å². The highest BCUT2D eigenvalue weighted by atomic mass is 16.5. The number of benzene rings is 1. The average Bonchev–Trinajstić information content (AvgIpc) is 2.61. The molecule has 25 heavy (non-hydrogen) atoms. The number of methoxy groups -OCH3 is 1. The average molecular weight is 341 g/mol. The van der Waals surface area contributed by atoms with Gasteiger partial charge < -0.3 is 15.0 Å². The molecule has 0 aliphatic heterocycles. The second-order valence-corrected chi connectivity index (χ2v) is 5.32. The molecule has 0 saturated heterocycles. The van der Waals surface area contributed by atoms with E-state index in [2.05, 4.69) is 15.0 Å². The van der Waals surface area contributed by atoms with Crippen LogP contribution in [0.3, 0.4) is 0 Å². The van der Waals surface area contributed by atoms with Crippen molar-refractivity contribution in [2.24, 2.45) is 0 Å². The summed E-state index contributed by atoms with van der Waals surface area (Å²) in [6.45, 7) is 1.52. The highest BCUT2D eigenvalue weighted by molar-refractivity contribution is 5.96. The van der Waals surface area contributed by atoms with Crippen LogP contribution < -0.4 is 5.32 Å². The van der Waals surface area contributed by atoms with Crippen molar-refractivity contribution in [1.29, 1.82) is 0 Å². The summed E-state index contributed by atoms with van der Waals surface area (Å²) in [7, 11) is 1.29. The van der Waals surface area contributed by atoms with Crippen molar-refractivity contribution in [3.8, 4) is 0 Å². The van der Waals surface area contributed by atoms with Crippen molar-refractivity contribution in [1.82, 2.24) is 9.88 Å². The molecule has 7 nitrogen and oxygen atoms in total. The zero-order chi connectivity index (χ0) is 18.2. The number of hydrogen-bond acceptors (Lipinski definition) is 5. The number of ether oxygens (including phenoxy) is 1. The van der Waals surface area contributed by atoms with Gasteiger partial charge in [0.2, 0.25) is 11.8 Å². The van der Waals surface area contributed by atoms with E-state index in [4.69, 9.17) is 0 Å². The lowest BCUT2D eigenvalue weighted by Crippen LogP contribution is -2.36. The van der Waals surface area contributed by atoms with E-state index in [1.54, 1.807) is 36.5 Å². The normalized spacial score (nSPS) is 10.0. The van der Waals surface area contributed by atoms with E-state index in [1.807, 2.05) is 6.07 Å². The molecule has 0 spiro atoms. The van der Waals surface area contributed by atoms with Crippen LogP contribution in [0.1, 0.15) is 23.0 Å². The van der Waals surface area contributed by atoms with Gasteiger partial charge >= 0.3 is 5.97 Å². The van der Waals surface area contributed by atoms with Crippen molar-refractivity contribution in [2.45, 2.75) is 13.5 Å². The monoisotopic (exact) mass is 341 g/mol. The number of nitrogens with one attached hydrogen (secondary N) is 1. The number of anilines is 1. The van der Waals surface area contributed by atoms with Crippen LogP contribution in [0, 0.1) is 0 Å². The lowest BCUT2D eigenvalue weighted by Gasteiger charge is -2.20. The third-order valence-electron chi connectivity index (χ3n) is 3.43. The highest BCUT2D eigenvalue weighted by Gasteiger charge is 2.15. The van der Waals surface area contributed by atoms with Crippen molar-refractivity contribution in [3.63, 3.8) is 0 Å². The molecule has 0 atom stereocenters. The predicted molar refractivity (Wildman–Crippen MR) is 91.7 cm³/mol. The van der Waals surface area contributed by atoms with Gasteiger partial charge in [-0.15, -0.1) is 0 Å². The van der Waals surface area contributed by atoms with Crippen LogP contribution >= 0.6 is 0 Å². The summed E-state index contributed by atoms with van der Waals surface area (Å²) in [6, 6.07) is 11.8. The maximum Gasteiger partial charge on any atom is 0.337 e. The lowest BCUT2D eigenvalue weighted by molar-refractivity contribution is -0.133. The lowest BCUT2D eigenvalue weighted by atomic mass is 10.2. The van der Waals surface area contributed by atoms with E-state index in [0.717, 1.165) is 0 Å². The van der Waals surface area contributed by atoms with E-state index in [0.29, 0.717) is 16.9 Å². The van der Waals surface area contributed by atoms with E-state index >= 15 is 0 Å². The number of rotatable bonds is 6. The Kier molecular flexibility index (Phi) is 6.22. The summed E-state index contributed by atoms with van der Waals surface area (Å²) in [6.07, 6.45) is 1.63. The largest absolute Gasteiger partial charge is 0.465 e. The molecule has 1 heterocycles. The van der Waals surface area contributed by atoms with Gasteiger partial charge in [-0.25, -0.2) is 4.79 Å². The molecule has 0 radical (unpaired) electrons. The second kappa shape index (κ2) is 8.58. The number of carbonyl (C=O) groups excluding carboxylic acids is 3. The SMILES string of the molecule is COC(=O)c1cccc(NC(=O)CN(Cc2ccccn2)C(C)=O)c1. The minimum atomic E-state index is -0.489. The molecule has 1 aromatic carbocycles. The molecule has 1 aromatic heterocycles. The first-order valence-electron chi connectivity index (χ1n) is 7.63. The molecule has 0 aliphatic rings. The fraction of sp³-hybridized carbons (Fsp3) is 0.222. The van der Waals surface area contributed by atoms with Gasteiger partial charge in [-0.2, -0.15) is 0 Å². The standard InChI is InChI=1S/C18H19N3O4/c1-13(22)21(11-16-7-3-4-9-19-16)12-17(23)20-15-8-5-6-14(10-15)18(24)25-2/h3-10H,11-12H2,1-2H3,(H,20,23). The zero-order valence-electron chi connectivity index (χ0n) is 14.1. The van der Waals surface area contributed by atoms with E-state index in [9.17, 15) is 14.4 Å². The summed E-state index contributed by atoms with van der Waals surface area (Å²) in [4.78, 5) is 41.1. The minimum Gasteiger partial charge on any atom is -0.465 e. The van der Waals surface area contributed by atoms with Crippen molar-refractivity contribution in [3.05, 3.63) is 59.9 Å². The maximum absolute atomic E-state index is 12.2. The Hall–Kier alpha value is -3.22. The number of esters is 1. The van der Waals surface area contributed by atoms with Crippen LogP contribution in [0.4, 0.5) is 5.69 Å². The molecular weight excluding hydrogens is 322 g/mol. The zero-order valence-corrected chi connectivity index (χ0v) is 14.1. The quantitative estimate of drug-likeness (QED) is 0.810. The van der Waals surface area contributed by atoms with Gasteiger partial charge in [-0.3, -0.25) is 14.6 Å². The van der Waals surface area contributed by atoms with Gasteiger partial charge in [0.1, 0.15) is 6.54 Å². The number of aromatic nitrogens is 1. The van der Waals surface area contributed by atoms with Gasteiger partial charge in [0.25, 0.3) is 0 Å². The predicted octanol–water partition coefficient (Wildman–Crippen LogP) is 1.86. The fourth-order valence-electron chi connectivity index (χ4n) is 2.18. The van der Waals surface area contributed by atoms with Crippen molar-refractivity contribution >= 4 is 23.5 Å².